The Morgan fingerprint density at radius 3 is 2.83 bits per heavy atom. The van der Waals surface area contributed by atoms with Crippen molar-refractivity contribution in [3.8, 4) is 5.69 Å². The SMILES string of the molecule is Nc1noc2c1ccc1[nH]c(C(O)[C@H]3OCCN(c4ccn(-c5ccncc5)n4)C3=O)cc(=O)c12. The first-order chi connectivity index (χ1) is 17.0. The number of hydrogen-bond acceptors (Lipinski definition) is 9. The lowest BCUT2D eigenvalue weighted by molar-refractivity contribution is -0.143. The van der Waals surface area contributed by atoms with Crippen molar-refractivity contribution in [2.24, 2.45) is 0 Å². The van der Waals surface area contributed by atoms with Gasteiger partial charge in [-0.2, -0.15) is 0 Å². The molecule has 1 unspecified atom stereocenters. The number of benzene rings is 1. The molecule has 0 saturated carbocycles. The number of pyridine rings is 2. The second-order valence-corrected chi connectivity index (χ2v) is 8.07. The fourth-order valence-electron chi connectivity index (χ4n) is 4.26. The summed E-state index contributed by atoms with van der Waals surface area (Å²) < 4.78 is 12.5. The monoisotopic (exact) mass is 473 g/mol. The number of aromatic amines is 1. The van der Waals surface area contributed by atoms with E-state index in [1.54, 1.807) is 53.6 Å². The van der Waals surface area contributed by atoms with Crippen LogP contribution in [0.3, 0.4) is 0 Å². The molecule has 5 aromatic rings. The largest absolute Gasteiger partial charge is 0.384 e. The number of amides is 1. The number of carbonyl (C=O) groups excluding carboxylic acids is 1. The molecule has 1 amide bonds. The van der Waals surface area contributed by atoms with Crippen LogP contribution in [-0.2, 0) is 9.53 Å². The molecule has 35 heavy (non-hydrogen) atoms. The van der Waals surface area contributed by atoms with Gasteiger partial charge in [0.1, 0.15) is 6.10 Å². The number of aliphatic hydroxyl groups excluding tert-OH is 1. The number of aliphatic hydroxyl groups is 1. The van der Waals surface area contributed by atoms with Crippen LogP contribution in [0.2, 0.25) is 0 Å². The quantitative estimate of drug-likeness (QED) is 0.349. The second-order valence-electron chi connectivity index (χ2n) is 8.07. The number of nitrogens with two attached hydrogens (primary N) is 1. The van der Waals surface area contributed by atoms with Gasteiger partial charge >= 0.3 is 0 Å². The lowest BCUT2D eigenvalue weighted by Crippen LogP contribution is -2.50. The van der Waals surface area contributed by atoms with Crippen LogP contribution in [0, 0.1) is 0 Å². The lowest BCUT2D eigenvalue weighted by atomic mass is 10.0. The highest BCUT2D eigenvalue weighted by Crippen LogP contribution is 2.29. The Morgan fingerprint density at radius 1 is 1.17 bits per heavy atom. The zero-order chi connectivity index (χ0) is 24.1. The number of anilines is 2. The summed E-state index contributed by atoms with van der Waals surface area (Å²) in [5.74, 6) is 0.130. The van der Waals surface area contributed by atoms with E-state index in [1.807, 2.05) is 0 Å². The predicted molar refractivity (Wildman–Crippen MR) is 125 cm³/mol. The average molecular weight is 473 g/mol. The highest BCUT2D eigenvalue weighted by atomic mass is 16.5. The normalized spacial score (nSPS) is 17.3. The van der Waals surface area contributed by atoms with Crippen LogP contribution in [-0.4, -0.2) is 55.2 Å². The summed E-state index contributed by atoms with van der Waals surface area (Å²) in [5, 5.41) is 20.0. The van der Waals surface area contributed by atoms with Crippen molar-refractivity contribution in [2.45, 2.75) is 12.2 Å². The molecule has 0 spiro atoms. The highest BCUT2D eigenvalue weighted by molar-refractivity contribution is 6.05. The Bertz CT molecular complexity index is 1620. The van der Waals surface area contributed by atoms with Gasteiger partial charge in [-0.1, -0.05) is 5.16 Å². The first-order valence-electron chi connectivity index (χ1n) is 10.8. The van der Waals surface area contributed by atoms with Crippen LogP contribution in [0.4, 0.5) is 11.6 Å². The molecule has 0 bridgehead atoms. The van der Waals surface area contributed by atoms with Gasteiger partial charge in [0, 0.05) is 30.7 Å². The van der Waals surface area contributed by atoms with Crippen LogP contribution in [0.15, 0.2) is 64.3 Å². The molecule has 2 atom stereocenters. The van der Waals surface area contributed by atoms with Gasteiger partial charge in [-0.25, -0.2) is 4.68 Å². The maximum atomic E-state index is 13.3. The Morgan fingerprint density at radius 2 is 2.00 bits per heavy atom. The van der Waals surface area contributed by atoms with E-state index >= 15 is 0 Å². The van der Waals surface area contributed by atoms with E-state index in [0.29, 0.717) is 16.7 Å². The average Bonchev–Trinajstić information content (AvgIpc) is 3.51. The van der Waals surface area contributed by atoms with Gasteiger partial charge in [0.15, 0.2) is 28.8 Å². The minimum Gasteiger partial charge on any atom is -0.384 e. The maximum Gasteiger partial charge on any atom is 0.260 e. The van der Waals surface area contributed by atoms with Gasteiger partial charge in [0.05, 0.1) is 40.8 Å². The number of hydrogen-bond donors (Lipinski definition) is 3. The van der Waals surface area contributed by atoms with Crippen molar-refractivity contribution >= 4 is 39.4 Å². The Kier molecular flexibility index (Phi) is 4.83. The number of ether oxygens (including phenoxy) is 1. The zero-order valence-corrected chi connectivity index (χ0v) is 18.2. The number of fused-ring (bicyclic) bond motifs is 3. The van der Waals surface area contributed by atoms with Crippen molar-refractivity contribution in [3.05, 3.63) is 70.9 Å². The minimum atomic E-state index is -1.42. The zero-order valence-electron chi connectivity index (χ0n) is 18.2. The molecule has 6 rings (SSSR count). The summed E-state index contributed by atoms with van der Waals surface area (Å²) in [4.78, 5) is 34.6. The molecule has 4 N–H and O–H groups in total. The molecule has 4 aromatic heterocycles. The molecule has 1 aliphatic heterocycles. The molecule has 1 aliphatic rings. The molecule has 1 aromatic carbocycles. The van der Waals surface area contributed by atoms with Crippen molar-refractivity contribution in [1.29, 1.82) is 0 Å². The molecule has 12 nitrogen and oxygen atoms in total. The Hall–Kier alpha value is -4.55. The van der Waals surface area contributed by atoms with Crippen molar-refractivity contribution in [3.63, 3.8) is 0 Å². The van der Waals surface area contributed by atoms with Crippen molar-refractivity contribution < 1.29 is 19.2 Å². The third-order valence-electron chi connectivity index (χ3n) is 5.99. The third kappa shape index (κ3) is 3.43. The van der Waals surface area contributed by atoms with Crippen LogP contribution in [0.25, 0.3) is 27.6 Å². The molecule has 0 radical (unpaired) electrons. The highest BCUT2D eigenvalue weighted by Gasteiger charge is 2.38. The number of H-pyrrole nitrogens is 1. The van der Waals surface area contributed by atoms with E-state index in [1.165, 1.54) is 11.0 Å². The number of aromatic nitrogens is 5. The summed E-state index contributed by atoms with van der Waals surface area (Å²) in [6, 6.07) is 9.82. The number of nitrogens with one attached hydrogen (secondary N) is 1. The fourth-order valence-corrected chi connectivity index (χ4v) is 4.26. The molecule has 5 heterocycles. The number of nitrogen functional groups attached to an aromatic ring is 1. The second kappa shape index (κ2) is 8.04. The smallest absolute Gasteiger partial charge is 0.260 e. The van der Waals surface area contributed by atoms with Crippen LogP contribution >= 0.6 is 0 Å². The number of morpholine rings is 1. The standard InChI is InChI=1S/C23H19N7O5/c24-22-13-1-2-14-18(20(13)35-28-22)16(31)11-15(26-14)19(32)21-23(33)29(9-10-34-21)17-5-8-30(27-17)12-3-6-25-7-4-12/h1-8,11,19,21,32H,9-10H2,(H2,24,28)(H,26,31)/t19?,21-/m1/s1. The van der Waals surface area contributed by atoms with E-state index in [4.69, 9.17) is 15.0 Å². The minimum absolute atomic E-state index is 0.136. The summed E-state index contributed by atoms with van der Waals surface area (Å²) in [6.07, 6.45) is 2.38. The Labute approximate surface area is 196 Å². The van der Waals surface area contributed by atoms with Gasteiger partial charge in [-0.05, 0) is 24.3 Å². The fraction of sp³-hybridized carbons (Fsp3) is 0.174. The lowest BCUT2D eigenvalue weighted by Gasteiger charge is -2.33. The first kappa shape index (κ1) is 21.0. The van der Waals surface area contributed by atoms with Gasteiger partial charge in [0.2, 0.25) is 0 Å². The first-order valence-corrected chi connectivity index (χ1v) is 10.8. The van der Waals surface area contributed by atoms with Gasteiger partial charge in [0.25, 0.3) is 5.91 Å². The van der Waals surface area contributed by atoms with Crippen LogP contribution in [0.5, 0.6) is 0 Å². The molecule has 1 saturated heterocycles. The van der Waals surface area contributed by atoms with Gasteiger partial charge < -0.3 is 25.1 Å². The number of nitrogens with zero attached hydrogens (tertiary/aromatic N) is 5. The van der Waals surface area contributed by atoms with Gasteiger partial charge in [-0.3, -0.25) is 19.5 Å². The van der Waals surface area contributed by atoms with E-state index in [0.717, 1.165) is 5.69 Å². The number of rotatable bonds is 4. The summed E-state index contributed by atoms with van der Waals surface area (Å²) in [5.41, 5.74) is 6.96. The molecular formula is C23H19N7O5. The predicted octanol–water partition coefficient (Wildman–Crippen LogP) is 1.30. The maximum absolute atomic E-state index is 13.3. The van der Waals surface area contributed by atoms with E-state index in [2.05, 4.69) is 20.2 Å². The van der Waals surface area contributed by atoms with E-state index in [9.17, 15) is 14.7 Å². The van der Waals surface area contributed by atoms with Crippen LogP contribution < -0.4 is 16.1 Å². The van der Waals surface area contributed by atoms with E-state index < -0.39 is 23.5 Å². The molecule has 12 heteroatoms. The topological polar surface area (TPSA) is 165 Å². The molecule has 176 valence electrons. The van der Waals surface area contributed by atoms with Crippen molar-refractivity contribution in [1.82, 2.24) is 24.9 Å². The number of carbonyl (C=O) groups is 1. The third-order valence-corrected chi connectivity index (χ3v) is 5.99. The van der Waals surface area contributed by atoms with E-state index in [-0.39, 0.29) is 35.6 Å². The molecule has 0 aliphatic carbocycles. The Balaban J connectivity index is 1.31. The summed E-state index contributed by atoms with van der Waals surface area (Å²) >= 11 is 0. The van der Waals surface area contributed by atoms with Crippen molar-refractivity contribution in [2.75, 3.05) is 23.8 Å². The molecular weight excluding hydrogens is 454 g/mol. The molecule has 1 fully saturated rings. The van der Waals surface area contributed by atoms with Crippen LogP contribution in [0.1, 0.15) is 11.8 Å². The summed E-state index contributed by atoms with van der Waals surface area (Å²) in [7, 11) is 0. The van der Waals surface area contributed by atoms with Gasteiger partial charge in [-0.15, -0.1) is 5.10 Å². The summed E-state index contributed by atoms with van der Waals surface area (Å²) in [6.45, 7) is 0.458.